The zero-order chi connectivity index (χ0) is 17.7. The summed E-state index contributed by atoms with van der Waals surface area (Å²) in [4.78, 5) is 23.8. The zero-order valence-corrected chi connectivity index (χ0v) is 14.5. The summed E-state index contributed by atoms with van der Waals surface area (Å²) in [6.07, 6.45) is 0. The van der Waals surface area contributed by atoms with Gasteiger partial charge in [0, 0.05) is 11.3 Å². The molecule has 0 aliphatic rings. The Morgan fingerprint density at radius 2 is 1.58 bits per heavy atom. The van der Waals surface area contributed by atoms with Crippen LogP contribution < -0.4 is 10.6 Å². The van der Waals surface area contributed by atoms with Crippen LogP contribution in [0.25, 0.3) is 0 Å². The molecule has 5 nitrogen and oxygen atoms in total. The van der Waals surface area contributed by atoms with Crippen molar-refractivity contribution >= 4 is 34.9 Å². The van der Waals surface area contributed by atoms with Crippen molar-refractivity contribution in [3.8, 4) is 0 Å². The lowest BCUT2D eigenvalue weighted by Gasteiger charge is -2.14. The summed E-state index contributed by atoms with van der Waals surface area (Å²) in [5.74, 6) is -0.898. The summed E-state index contributed by atoms with van der Waals surface area (Å²) in [6.45, 7) is 3.92. The van der Waals surface area contributed by atoms with Crippen LogP contribution in [0.5, 0.6) is 0 Å². The average Bonchev–Trinajstić information content (AvgIpc) is 2.57. The van der Waals surface area contributed by atoms with E-state index in [2.05, 4.69) is 15.4 Å². The first kappa shape index (κ1) is 17.6. The molecule has 124 valence electrons. The van der Waals surface area contributed by atoms with Gasteiger partial charge < -0.3 is 10.1 Å². The Morgan fingerprint density at radius 1 is 1.00 bits per heavy atom. The van der Waals surface area contributed by atoms with E-state index in [0.29, 0.717) is 11.1 Å². The van der Waals surface area contributed by atoms with Crippen molar-refractivity contribution in [1.82, 2.24) is 5.32 Å². The topological polar surface area (TPSA) is 67.4 Å². The van der Waals surface area contributed by atoms with Crippen molar-refractivity contribution in [2.45, 2.75) is 13.8 Å². The molecule has 0 atom stereocenters. The fourth-order valence-electron chi connectivity index (χ4n) is 2.24. The summed E-state index contributed by atoms with van der Waals surface area (Å²) in [5, 5.41) is 5.84. The van der Waals surface area contributed by atoms with Crippen LogP contribution in [-0.4, -0.2) is 24.1 Å². The Balaban J connectivity index is 2.09. The molecule has 0 aromatic heterocycles. The minimum atomic E-state index is -0.499. The number of carbonyl (C=O) groups is 2. The maximum absolute atomic E-state index is 12.3. The van der Waals surface area contributed by atoms with E-state index in [1.54, 1.807) is 18.2 Å². The van der Waals surface area contributed by atoms with Crippen LogP contribution in [0.4, 0.5) is 5.69 Å². The maximum Gasteiger partial charge on any atom is 0.337 e. The van der Waals surface area contributed by atoms with E-state index in [1.807, 2.05) is 32.0 Å². The first-order valence-corrected chi connectivity index (χ1v) is 7.70. The number of hydrogen-bond donors (Lipinski definition) is 2. The Hall–Kier alpha value is -2.73. The predicted octanol–water partition coefficient (Wildman–Crippen LogP) is 3.22. The van der Waals surface area contributed by atoms with Gasteiger partial charge in [0.05, 0.1) is 12.7 Å². The van der Waals surface area contributed by atoms with Crippen LogP contribution in [0.15, 0.2) is 42.5 Å². The normalized spacial score (nSPS) is 9.96. The molecule has 0 heterocycles. The molecule has 1 amide bonds. The van der Waals surface area contributed by atoms with E-state index in [9.17, 15) is 9.59 Å². The number of para-hydroxylation sites is 1. The fraction of sp³-hybridized carbons (Fsp3) is 0.167. The van der Waals surface area contributed by atoms with Crippen LogP contribution in [0.3, 0.4) is 0 Å². The Labute approximate surface area is 146 Å². The molecule has 0 aliphatic heterocycles. The second-order valence-electron chi connectivity index (χ2n) is 5.25. The van der Waals surface area contributed by atoms with Crippen molar-refractivity contribution < 1.29 is 14.3 Å². The lowest BCUT2D eigenvalue weighted by Crippen LogP contribution is -2.34. The molecule has 2 aromatic carbocycles. The number of ether oxygens (including phenoxy) is 1. The first-order valence-electron chi connectivity index (χ1n) is 7.29. The minimum absolute atomic E-state index is 0.195. The maximum atomic E-state index is 12.3. The minimum Gasteiger partial charge on any atom is -0.465 e. The van der Waals surface area contributed by atoms with Gasteiger partial charge in [-0.1, -0.05) is 24.3 Å². The SMILES string of the molecule is COC(=O)c1cccc(C(=O)NC(=S)Nc2c(C)cccc2C)c1. The van der Waals surface area contributed by atoms with Crippen molar-refractivity contribution in [2.75, 3.05) is 12.4 Å². The molecule has 0 fully saturated rings. The highest BCUT2D eigenvalue weighted by molar-refractivity contribution is 7.80. The predicted molar refractivity (Wildman–Crippen MR) is 97.4 cm³/mol. The molecule has 2 N–H and O–H groups in total. The molecule has 0 bridgehead atoms. The van der Waals surface area contributed by atoms with Gasteiger partial charge >= 0.3 is 5.97 Å². The molecule has 0 spiro atoms. The number of carbonyl (C=O) groups excluding carboxylic acids is 2. The molecular weight excluding hydrogens is 324 g/mol. The monoisotopic (exact) mass is 342 g/mol. The van der Waals surface area contributed by atoms with E-state index < -0.39 is 11.9 Å². The Morgan fingerprint density at radius 3 is 2.21 bits per heavy atom. The van der Waals surface area contributed by atoms with Gasteiger partial charge in [-0.25, -0.2) is 4.79 Å². The number of aryl methyl sites for hydroxylation is 2. The standard InChI is InChI=1S/C18H18N2O3S/c1-11-6-4-7-12(2)15(11)19-18(24)20-16(21)13-8-5-9-14(10-13)17(22)23-3/h4-10H,1-3H3,(H2,19,20,21,24). The number of thiocarbonyl (C=S) groups is 1. The third-order valence-electron chi connectivity index (χ3n) is 3.49. The Kier molecular flexibility index (Phi) is 5.65. The van der Waals surface area contributed by atoms with Crippen LogP contribution in [0, 0.1) is 13.8 Å². The van der Waals surface area contributed by atoms with E-state index in [1.165, 1.54) is 13.2 Å². The van der Waals surface area contributed by atoms with Gasteiger partial charge in [-0.15, -0.1) is 0 Å². The molecule has 24 heavy (non-hydrogen) atoms. The Bertz CT molecular complexity index is 782. The summed E-state index contributed by atoms with van der Waals surface area (Å²) in [5.41, 5.74) is 3.55. The average molecular weight is 342 g/mol. The molecule has 0 unspecified atom stereocenters. The number of hydrogen-bond acceptors (Lipinski definition) is 4. The molecule has 2 aromatic rings. The third-order valence-corrected chi connectivity index (χ3v) is 3.70. The van der Waals surface area contributed by atoms with Crippen molar-refractivity contribution in [1.29, 1.82) is 0 Å². The lowest BCUT2D eigenvalue weighted by atomic mass is 10.1. The van der Waals surface area contributed by atoms with Gasteiger partial charge in [-0.2, -0.15) is 0 Å². The van der Waals surface area contributed by atoms with Crippen LogP contribution in [-0.2, 0) is 4.74 Å². The zero-order valence-electron chi connectivity index (χ0n) is 13.7. The number of methoxy groups -OCH3 is 1. The lowest BCUT2D eigenvalue weighted by molar-refractivity contribution is 0.0600. The number of anilines is 1. The second kappa shape index (κ2) is 7.70. The molecule has 0 radical (unpaired) electrons. The van der Waals surface area contributed by atoms with Crippen molar-refractivity contribution in [3.63, 3.8) is 0 Å². The van der Waals surface area contributed by atoms with Crippen LogP contribution in [0.2, 0.25) is 0 Å². The highest BCUT2D eigenvalue weighted by Gasteiger charge is 2.12. The third kappa shape index (κ3) is 4.17. The van der Waals surface area contributed by atoms with Crippen LogP contribution >= 0.6 is 12.2 Å². The van der Waals surface area contributed by atoms with E-state index >= 15 is 0 Å². The van der Waals surface area contributed by atoms with E-state index in [0.717, 1.165) is 16.8 Å². The highest BCUT2D eigenvalue weighted by Crippen LogP contribution is 2.19. The first-order chi connectivity index (χ1) is 11.4. The van der Waals surface area contributed by atoms with Crippen LogP contribution in [0.1, 0.15) is 31.8 Å². The smallest absolute Gasteiger partial charge is 0.337 e. The second-order valence-corrected chi connectivity index (χ2v) is 5.66. The van der Waals surface area contributed by atoms with Gasteiger partial charge in [0.2, 0.25) is 0 Å². The van der Waals surface area contributed by atoms with Gasteiger partial charge in [-0.3, -0.25) is 10.1 Å². The molecule has 0 saturated carbocycles. The molecule has 2 rings (SSSR count). The van der Waals surface area contributed by atoms with Gasteiger partial charge in [0.25, 0.3) is 5.91 Å². The number of esters is 1. The van der Waals surface area contributed by atoms with E-state index in [-0.39, 0.29) is 5.11 Å². The number of rotatable bonds is 3. The fourth-order valence-corrected chi connectivity index (χ4v) is 2.43. The summed E-state index contributed by atoms with van der Waals surface area (Å²) >= 11 is 5.20. The van der Waals surface area contributed by atoms with Gasteiger partial charge in [-0.05, 0) is 55.4 Å². The van der Waals surface area contributed by atoms with Crippen molar-refractivity contribution in [2.24, 2.45) is 0 Å². The van der Waals surface area contributed by atoms with Gasteiger partial charge in [0.15, 0.2) is 5.11 Å². The van der Waals surface area contributed by atoms with Crippen molar-refractivity contribution in [3.05, 3.63) is 64.7 Å². The van der Waals surface area contributed by atoms with Gasteiger partial charge in [0.1, 0.15) is 0 Å². The number of nitrogens with one attached hydrogen (secondary N) is 2. The molecule has 0 aliphatic carbocycles. The number of amides is 1. The molecular formula is C18H18N2O3S. The largest absolute Gasteiger partial charge is 0.465 e. The number of benzene rings is 2. The highest BCUT2D eigenvalue weighted by atomic mass is 32.1. The molecule has 0 saturated heterocycles. The molecule has 6 heteroatoms. The van der Waals surface area contributed by atoms with E-state index in [4.69, 9.17) is 12.2 Å². The summed E-state index contributed by atoms with van der Waals surface area (Å²) < 4.78 is 4.65. The summed E-state index contributed by atoms with van der Waals surface area (Å²) in [7, 11) is 1.29. The quantitative estimate of drug-likeness (QED) is 0.662. The summed E-state index contributed by atoms with van der Waals surface area (Å²) in [6, 6.07) is 12.1.